The molecular weight excluding hydrogens is 146 g/mol. The van der Waals surface area contributed by atoms with Crippen LogP contribution in [0.2, 0.25) is 0 Å². The van der Waals surface area contributed by atoms with Crippen LogP contribution in [0.15, 0.2) is 0 Å². The summed E-state index contributed by atoms with van der Waals surface area (Å²) in [6, 6.07) is 0.223. The second-order valence-corrected chi connectivity index (χ2v) is 2.83. The maximum absolute atomic E-state index is 10.5. The van der Waals surface area contributed by atoms with E-state index in [1.54, 1.807) is 7.11 Å². The summed E-state index contributed by atoms with van der Waals surface area (Å²) in [5.74, 6) is -0.939. The Morgan fingerprint density at radius 3 is 3.00 bits per heavy atom. The van der Waals surface area contributed by atoms with Gasteiger partial charge >= 0.3 is 5.97 Å². The van der Waals surface area contributed by atoms with Crippen molar-refractivity contribution in [1.29, 1.82) is 0 Å². The normalized spacial score (nSPS) is 30.6. The molecule has 0 radical (unpaired) electrons. The summed E-state index contributed by atoms with van der Waals surface area (Å²) in [6.07, 6.45) is 0.684. The molecule has 0 aromatic carbocycles. The van der Waals surface area contributed by atoms with Gasteiger partial charge in [0.25, 0.3) is 0 Å². The van der Waals surface area contributed by atoms with Crippen molar-refractivity contribution in [3.8, 4) is 0 Å². The number of hydrogen-bond acceptors (Lipinski definition) is 3. The van der Waals surface area contributed by atoms with Crippen LogP contribution in [0.1, 0.15) is 6.42 Å². The average molecular weight is 159 g/mol. The molecular formula is C7H13NO3. The van der Waals surface area contributed by atoms with Gasteiger partial charge in [-0.2, -0.15) is 0 Å². The number of carboxylic acids is 1. The number of aliphatic carboxylic acids is 1. The predicted molar refractivity (Wildman–Crippen MR) is 39.4 cm³/mol. The Bertz CT molecular complexity index is 149. The first-order valence-electron chi connectivity index (χ1n) is 3.69. The Labute approximate surface area is 65.5 Å². The molecule has 0 unspecified atom stereocenters. The summed E-state index contributed by atoms with van der Waals surface area (Å²) in [5, 5.41) is 11.7. The van der Waals surface area contributed by atoms with Gasteiger partial charge in [-0.1, -0.05) is 0 Å². The van der Waals surface area contributed by atoms with Crippen molar-refractivity contribution in [3.05, 3.63) is 0 Å². The van der Waals surface area contributed by atoms with Gasteiger partial charge in [-0.15, -0.1) is 0 Å². The first-order chi connectivity index (χ1) is 5.24. The van der Waals surface area contributed by atoms with Crippen LogP contribution in [-0.4, -0.2) is 37.4 Å². The molecule has 4 nitrogen and oxygen atoms in total. The molecule has 0 aliphatic carbocycles. The third-order valence-electron chi connectivity index (χ3n) is 1.94. The lowest BCUT2D eigenvalue weighted by Crippen LogP contribution is -2.25. The summed E-state index contributed by atoms with van der Waals surface area (Å²) in [4.78, 5) is 10.5. The minimum Gasteiger partial charge on any atom is -0.481 e. The molecule has 1 rings (SSSR count). The highest BCUT2D eigenvalue weighted by molar-refractivity contribution is 5.70. The molecule has 1 aliphatic heterocycles. The molecule has 0 aromatic heterocycles. The van der Waals surface area contributed by atoms with Crippen molar-refractivity contribution in [2.75, 3.05) is 20.3 Å². The van der Waals surface area contributed by atoms with E-state index in [0.29, 0.717) is 19.6 Å². The fourth-order valence-corrected chi connectivity index (χ4v) is 1.34. The Hall–Kier alpha value is -0.610. The number of rotatable bonds is 3. The Kier molecular flexibility index (Phi) is 2.84. The molecule has 0 aromatic rings. The summed E-state index contributed by atoms with van der Waals surface area (Å²) >= 11 is 0. The van der Waals surface area contributed by atoms with Crippen LogP contribution in [0, 0.1) is 5.92 Å². The Morgan fingerprint density at radius 2 is 2.55 bits per heavy atom. The van der Waals surface area contributed by atoms with Gasteiger partial charge in [0.05, 0.1) is 12.5 Å². The van der Waals surface area contributed by atoms with Crippen molar-refractivity contribution in [3.63, 3.8) is 0 Å². The van der Waals surface area contributed by atoms with Crippen molar-refractivity contribution >= 4 is 5.97 Å². The second-order valence-electron chi connectivity index (χ2n) is 2.83. The van der Waals surface area contributed by atoms with Crippen molar-refractivity contribution in [2.45, 2.75) is 12.5 Å². The molecule has 0 saturated carbocycles. The topological polar surface area (TPSA) is 58.6 Å². The van der Waals surface area contributed by atoms with Crippen LogP contribution in [0.5, 0.6) is 0 Å². The van der Waals surface area contributed by atoms with Crippen LogP contribution < -0.4 is 5.32 Å². The van der Waals surface area contributed by atoms with Crippen molar-refractivity contribution in [2.24, 2.45) is 5.92 Å². The molecule has 2 N–H and O–H groups in total. The Morgan fingerprint density at radius 1 is 1.82 bits per heavy atom. The second kappa shape index (κ2) is 3.69. The van der Waals surface area contributed by atoms with E-state index in [9.17, 15) is 4.79 Å². The van der Waals surface area contributed by atoms with Crippen molar-refractivity contribution in [1.82, 2.24) is 5.32 Å². The van der Waals surface area contributed by atoms with E-state index in [1.807, 2.05) is 0 Å². The zero-order chi connectivity index (χ0) is 8.27. The average Bonchev–Trinajstić information content (AvgIpc) is 2.37. The number of carboxylic acid groups (broad SMARTS) is 1. The molecule has 0 bridgehead atoms. The summed E-state index contributed by atoms with van der Waals surface area (Å²) < 4.78 is 4.90. The molecule has 1 fully saturated rings. The predicted octanol–water partition coefficient (Wildman–Crippen LogP) is -0.304. The third kappa shape index (κ3) is 2.17. The molecule has 0 spiro atoms. The van der Waals surface area contributed by atoms with Crippen molar-refractivity contribution < 1.29 is 14.6 Å². The highest BCUT2D eigenvalue weighted by Gasteiger charge is 2.28. The smallest absolute Gasteiger partial charge is 0.307 e. The number of carbonyl (C=O) groups is 1. The summed E-state index contributed by atoms with van der Waals surface area (Å²) in [7, 11) is 1.62. The molecule has 1 heterocycles. The van der Waals surface area contributed by atoms with Gasteiger partial charge in [0.15, 0.2) is 0 Å². The quantitative estimate of drug-likeness (QED) is 0.593. The largest absolute Gasteiger partial charge is 0.481 e. The highest BCUT2D eigenvalue weighted by Crippen LogP contribution is 2.13. The molecule has 0 amide bonds. The summed E-state index contributed by atoms with van der Waals surface area (Å²) in [5.41, 5.74) is 0. The monoisotopic (exact) mass is 159 g/mol. The van der Waals surface area contributed by atoms with Crippen LogP contribution in [0.25, 0.3) is 0 Å². The zero-order valence-electron chi connectivity index (χ0n) is 6.54. The lowest BCUT2D eigenvalue weighted by Gasteiger charge is -2.06. The SMILES string of the molecule is COC[C@@H]1C[C@H](C(=O)O)CN1. The molecule has 11 heavy (non-hydrogen) atoms. The van der Waals surface area contributed by atoms with Crippen LogP contribution >= 0.6 is 0 Å². The molecule has 2 atom stereocenters. The van der Waals surface area contributed by atoms with Gasteiger partial charge in [-0.25, -0.2) is 0 Å². The van der Waals surface area contributed by atoms with Gasteiger partial charge in [-0.05, 0) is 6.42 Å². The lowest BCUT2D eigenvalue weighted by atomic mass is 10.1. The van der Waals surface area contributed by atoms with E-state index in [-0.39, 0.29) is 12.0 Å². The van der Waals surface area contributed by atoms with E-state index >= 15 is 0 Å². The number of nitrogens with one attached hydrogen (secondary N) is 1. The van der Waals surface area contributed by atoms with Gasteiger partial charge in [0.1, 0.15) is 0 Å². The lowest BCUT2D eigenvalue weighted by molar-refractivity contribution is -0.141. The summed E-state index contributed by atoms with van der Waals surface area (Å²) in [6.45, 7) is 1.17. The first-order valence-corrected chi connectivity index (χ1v) is 3.69. The van der Waals surface area contributed by atoms with E-state index in [0.717, 1.165) is 0 Å². The van der Waals surface area contributed by atoms with Gasteiger partial charge in [0.2, 0.25) is 0 Å². The highest BCUT2D eigenvalue weighted by atomic mass is 16.5. The standard InChI is InChI=1S/C7H13NO3/c1-11-4-6-2-5(3-8-6)7(9)10/h5-6,8H,2-4H2,1H3,(H,9,10)/t5-,6-/m0/s1. The maximum atomic E-state index is 10.5. The van der Waals surface area contributed by atoms with Crippen LogP contribution in [-0.2, 0) is 9.53 Å². The fraction of sp³-hybridized carbons (Fsp3) is 0.857. The molecule has 1 aliphatic rings. The van der Waals surface area contributed by atoms with Crippen LogP contribution in [0.3, 0.4) is 0 Å². The minimum absolute atomic E-state index is 0.223. The number of methoxy groups -OCH3 is 1. The number of ether oxygens (including phenoxy) is 1. The van der Waals surface area contributed by atoms with E-state index < -0.39 is 5.97 Å². The van der Waals surface area contributed by atoms with Gasteiger partial charge in [0, 0.05) is 19.7 Å². The molecule has 1 saturated heterocycles. The molecule has 4 heteroatoms. The third-order valence-corrected chi connectivity index (χ3v) is 1.94. The molecule has 64 valence electrons. The van der Waals surface area contributed by atoms with E-state index in [2.05, 4.69) is 5.32 Å². The van der Waals surface area contributed by atoms with Crippen LogP contribution in [0.4, 0.5) is 0 Å². The van der Waals surface area contributed by atoms with Gasteiger partial charge in [-0.3, -0.25) is 4.79 Å². The van der Waals surface area contributed by atoms with E-state index in [1.165, 1.54) is 0 Å². The first kappa shape index (κ1) is 8.49. The Balaban J connectivity index is 2.29. The van der Waals surface area contributed by atoms with E-state index in [4.69, 9.17) is 9.84 Å². The maximum Gasteiger partial charge on any atom is 0.307 e. The number of hydrogen-bond donors (Lipinski definition) is 2. The minimum atomic E-state index is -0.712. The fourth-order valence-electron chi connectivity index (χ4n) is 1.34. The van der Waals surface area contributed by atoms with Gasteiger partial charge < -0.3 is 15.2 Å². The zero-order valence-corrected chi connectivity index (χ0v) is 6.54.